The van der Waals surface area contributed by atoms with Gasteiger partial charge in [0.1, 0.15) is 0 Å². The molecule has 0 aliphatic heterocycles. The molecular formula is C14H16F3N3. The minimum atomic E-state index is -1.49. The lowest BCUT2D eigenvalue weighted by atomic mass is 10.0. The number of hydrogen-bond donors (Lipinski definition) is 1. The van der Waals surface area contributed by atoms with Gasteiger partial charge in [-0.3, -0.25) is 4.68 Å². The molecule has 0 saturated carbocycles. The number of nitrogens with zero attached hydrogens (tertiary/aromatic N) is 2. The van der Waals surface area contributed by atoms with E-state index in [0.29, 0.717) is 5.69 Å². The van der Waals surface area contributed by atoms with Crippen LogP contribution >= 0.6 is 0 Å². The summed E-state index contributed by atoms with van der Waals surface area (Å²) in [6.45, 7) is 3.96. The first-order valence-electron chi connectivity index (χ1n) is 6.33. The Labute approximate surface area is 115 Å². The highest BCUT2D eigenvalue weighted by Crippen LogP contribution is 2.22. The van der Waals surface area contributed by atoms with Gasteiger partial charge in [-0.2, -0.15) is 5.10 Å². The van der Waals surface area contributed by atoms with Crippen LogP contribution in [0.25, 0.3) is 0 Å². The summed E-state index contributed by atoms with van der Waals surface area (Å²) < 4.78 is 41.4. The van der Waals surface area contributed by atoms with E-state index in [1.165, 1.54) is 0 Å². The predicted molar refractivity (Wildman–Crippen MR) is 69.6 cm³/mol. The molecule has 1 aromatic carbocycles. The normalized spacial score (nSPS) is 12.9. The third kappa shape index (κ3) is 2.85. The van der Waals surface area contributed by atoms with Crippen molar-refractivity contribution < 1.29 is 13.2 Å². The van der Waals surface area contributed by atoms with E-state index in [1.54, 1.807) is 16.9 Å². The fourth-order valence-electron chi connectivity index (χ4n) is 1.94. The average Bonchev–Trinajstić information content (AvgIpc) is 2.84. The van der Waals surface area contributed by atoms with Crippen molar-refractivity contribution in [1.29, 1.82) is 0 Å². The first-order valence-corrected chi connectivity index (χ1v) is 6.33. The standard InChI is InChI=1S/C14H16F3N3/c1-8(2)20-6-5-9(19-20)7-12(18)10-3-4-11(15)14(17)13(10)16/h3-6,8,12H,7,18H2,1-2H3. The summed E-state index contributed by atoms with van der Waals surface area (Å²) in [6, 6.07) is 3.25. The Kier molecular flexibility index (Phi) is 4.13. The summed E-state index contributed by atoms with van der Waals surface area (Å²) in [6.07, 6.45) is 2.05. The van der Waals surface area contributed by atoms with Gasteiger partial charge >= 0.3 is 0 Å². The molecule has 2 aromatic rings. The highest BCUT2D eigenvalue weighted by molar-refractivity contribution is 5.24. The van der Waals surface area contributed by atoms with Crippen molar-refractivity contribution >= 4 is 0 Å². The number of hydrogen-bond acceptors (Lipinski definition) is 2. The van der Waals surface area contributed by atoms with Crippen LogP contribution < -0.4 is 5.73 Å². The van der Waals surface area contributed by atoms with Crippen LogP contribution in [0, 0.1) is 17.5 Å². The van der Waals surface area contributed by atoms with Crippen LogP contribution in [0.1, 0.15) is 37.2 Å². The van der Waals surface area contributed by atoms with Crippen LogP contribution in [0.2, 0.25) is 0 Å². The Morgan fingerprint density at radius 1 is 1.15 bits per heavy atom. The van der Waals surface area contributed by atoms with Crippen molar-refractivity contribution in [2.24, 2.45) is 5.73 Å². The van der Waals surface area contributed by atoms with Gasteiger partial charge in [0.05, 0.1) is 5.69 Å². The zero-order valence-corrected chi connectivity index (χ0v) is 11.3. The number of benzene rings is 1. The van der Waals surface area contributed by atoms with Crippen LogP contribution in [-0.2, 0) is 6.42 Å². The summed E-state index contributed by atoms with van der Waals surface area (Å²) in [5.41, 5.74) is 6.48. The Morgan fingerprint density at radius 3 is 2.45 bits per heavy atom. The zero-order chi connectivity index (χ0) is 14.9. The molecule has 2 N–H and O–H groups in total. The second-order valence-electron chi connectivity index (χ2n) is 4.96. The van der Waals surface area contributed by atoms with Crippen molar-refractivity contribution in [1.82, 2.24) is 9.78 Å². The molecular weight excluding hydrogens is 267 g/mol. The molecule has 3 nitrogen and oxygen atoms in total. The topological polar surface area (TPSA) is 43.8 Å². The molecule has 0 spiro atoms. The lowest BCUT2D eigenvalue weighted by molar-refractivity contribution is 0.434. The van der Waals surface area contributed by atoms with E-state index < -0.39 is 23.5 Å². The van der Waals surface area contributed by atoms with E-state index in [1.807, 2.05) is 13.8 Å². The van der Waals surface area contributed by atoms with Crippen LogP contribution in [-0.4, -0.2) is 9.78 Å². The van der Waals surface area contributed by atoms with Gasteiger partial charge in [-0.1, -0.05) is 6.07 Å². The minimum Gasteiger partial charge on any atom is -0.324 e. The second kappa shape index (κ2) is 5.66. The van der Waals surface area contributed by atoms with Gasteiger partial charge in [0.2, 0.25) is 0 Å². The summed E-state index contributed by atoms with van der Waals surface area (Å²) >= 11 is 0. The Morgan fingerprint density at radius 2 is 1.85 bits per heavy atom. The highest BCUT2D eigenvalue weighted by atomic mass is 19.2. The molecule has 1 heterocycles. The van der Waals surface area contributed by atoms with Gasteiger partial charge in [-0.25, -0.2) is 13.2 Å². The smallest absolute Gasteiger partial charge is 0.194 e. The molecule has 108 valence electrons. The summed E-state index contributed by atoms with van der Waals surface area (Å²) in [4.78, 5) is 0. The van der Waals surface area contributed by atoms with Gasteiger partial charge in [-0.05, 0) is 26.0 Å². The molecule has 0 aliphatic rings. The van der Waals surface area contributed by atoms with E-state index >= 15 is 0 Å². The highest BCUT2D eigenvalue weighted by Gasteiger charge is 2.19. The fraction of sp³-hybridized carbons (Fsp3) is 0.357. The lowest BCUT2D eigenvalue weighted by Gasteiger charge is -2.12. The van der Waals surface area contributed by atoms with Crippen LogP contribution in [0.4, 0.5) is 13.2 Å². The Hall–Kier alpha value is -1.82. The number of halogens is 3. The molecule has 0 radical (unpaired) electrons. The van der Waals surface area contributed by atoms with Gasteiger partial charge in [0, 0.05) is 30.3 Å². The number of rotatable bonds is 4. The van der Waals surface area contributed by atoms with Crippen molar-refractivity contribution in [3.63, 3.8) is 0 Å². The van der Waals surface area contributed by atoms with Crippen LogP contribution in [0.3, 0.4) is 0 Å². The fourth-order valence-corrected chi connectivity index (χ4v) is 1.94. The van der Waals surface area contributed by atoms with Crippen LogP contribution in [0.5, 0.6) is 0 Å². The van der Waals surface area contributed by atoms with Crippen LogP contribution in [0.15, 0.2) is 24.4 Å². The van der Waals surface area contributed by atoms with Crippen molar-refractivity contribution in [2.75, 3.05) is 0 Å². The largest absolute Gasteiger partial charge is 0.324 e. The first-order chi connectivity index (χ1) is 9.40. The molecule has 2 rings (SSSR count). The molecule has 1 unspecified atom stereocenters. The third-order valence-corrected chi connectivity index (χ3v) is 3.09. The van der Waals surface area contributed by atoms with Gasteiger partial charge in [0.15, 0.2) is 17.5 Å². The van der Waals surface area contributed by atoms with E-state index in [-0.39, 0.29) is 18.0 Å². The van der Waals surface area contributed by atoms with Gasteiger partial charge < -0.3 is 5.73 Å². The average molecular weight is 283 g/mol. The number of nitrogens with two attached hydrogens (primary N) is 1. The van der Waals surface area contributed by atoms with E-state index in [2.05, 4.69) is 5.10 Å². The maximum Gasteiger partial charge on any atom is 0.194 e. The minimum absolute atomic E-state index is 0.0528. The molecule has 0 fully saturated rings. The van der Waals surface area contributed by atoms with Crippen molar-refractivity contribution in [3.8, 4) is 0 Å². The SMILES string of the molecule is CC(C)n1ccc(CC(N)c2ccc(F)c(F)c2F)n1. The van der Waals surface area contributed by atoms with Crippen molar-refractivity contribution in [3.05, 3.63) is 53.1 Å². The summed E-state index contributed by atoms with van der Waals surface area (Å²) in [7, 11) is 0. The molecule has 0 saturated heterocycles. The quantitative estimate of drug-likeness (QED) is 0.876. The third-order valence-electron chi connectivity index (χ3n) is 3.09. The maximum atomic E-state index is 13.6. The van der Waals surface area contributed by atoms with E-state index in [0.717, 1.165) is 12.1 Å². The second-order valence-corrected chi connectivity index (χ2v) is 4.96. The van der Waals surface area contributed by atoms with E-state index in [4.69, 9.17) is 5.73 Å². The van der Waals surface area contributed by atoms with Crippen molar-refractivity contribution in [2.45, 2.75) is 32.4 Å². The van der Waals surface area contributed by atoms with Gasteiger partial charge in [0.25, 0.3) is 0 Å². The first kappa shape index (κ1) is 14.6. The van der Waals surface area contributed by atoms with E-state index in [9.17, 15) is 13.2 Å². The molecule has 20 heavy (non-hydrogen) atoms. The van der Waals surface area contributed by atoms with Gasteiger partial charge in [-0.15, -0.1) is 0 Å². The predicted octanol–water partition coefficient (Wildman–Crippen LogP) is 3.12. The summed E-state index contributed by atoms with van der Waals surface area (Å²) in [5.74, 6) is -3.95. The molecule has 1 aromatic heterocycles. The molecule has 6 heteroatoms. The molecule has 0 amide bonds. The molecule has 0 bridgehead atoms. The Bertz CT molecular complexity index is 608. The molecule has 0 aliphatic carbocycles. The number of aromatic nitrogens is 2. The lowest BCUT2D eigenvalue weighted by Crippen LogP contribution is -2.17. The maximum absolute atomic E-state index is 13.6. The Balaban J connectivity index is 2.19. The zero-order valence-electron chi connectivity index (χ0n) is 11.3. The molecule has 1 atom stereocenters. The monoisotopic (exact) mass is 283 g/mol. The summed E-state index contributed by atoms with van der Waals surface area (Å²) in [5, 5.41) is 4.29.